The van der Waals surface area contributed by atoms with E-state index in [1.54, 1.807) is 14.2 Å². The van der Waals surface area contributed by atoms with Crippen LogP contribution in [0.2, 0.25) is 0 Å². The minimum Gasteiger partial charge on any atom is -0.493 e. The van der Waals surface area contributed by atoms with Gasteiger partial charge in [-0.3, -0.25) is 0 Å². The van der Waals surface area contributed by atoms with Gasteiger partial charge in [0.1, 0.15) is 0 Å². The average Bonchev–Trinajstić information content (AvgIpc) is 2.55. The van der Waals surface area contributed by atoms with Crippen LogP contribution in [0.4, 0.5) is 0 Å². The highest BCUT2D eigenvalue weighted by Crippen LogP contribution is 2.40. The van der Waals surface area contributed by atoms with Crippen LogP contribution < -0.4 is 14.8 Å². The first-order valence-corrected chi connectivity index (χ1v) is 8.12. The van der Waals surface area contributed by atoms with Gasteiger partial charge in [0, 0.05) is 6.04 Å². The summed E-state index contributed by atoms with van der Waals surface area (Å²) in [6, 6.07) is 6.70. The van der Waals surface area contributed by atoms with Gasteiger partial charge < -0.3 is 14.8 Å². The molecule has 0 aromatic heterocycles. The molecule has 118 valence electrons. The summed E-state index contributed by atoms with van der Waals surface area (Å²) in [6.45, 7) is 2.32. The van der Waals surface area contributed by atoms with Gasteiger partial charge in [0.05, 0.1) is 14.2 Å². The van der Waals surface area contributed by atoms with E-state index in [2.05, 4.69) is 31.4 Å². The van der Waals surface area contributed by atoms with Crippen molar-refractivity contribution in [1.29, 1.82) is 0 Å². The van der Waals surface area contributed by atoms with Gasteiger partial charge in [0.15, 0.2) is 11.5 Å². The summed E-state index contributed by atoms with van der Waals surface area (Å²) < 4.78 is 10.8. The fraction of sp³-hybridized carbons (Fsp3) is 0.667. The van der Waals surface area contributed by atoms with Crippen molar-refractivity contribution in [3.63, 3.8) is 0 Å². The smallest absolute Gasteiger partial charge is 0.161 e. The molecular weight excluding hydrogens is 262 g/mol. The van der Waals surface area contributed by atoms with E-state index in [1.807, 2.05) is 6.07 Å². The molecule has 0 heterocycles. The molecule has 3 heteroatoms. The summed E-state index contributed by atoms with van der Waals surface area (Å²) in [4.78, 5) is 0. The molecule has 0 spiro atoms. The first-order valence-electron chi connectivity index (χ1n) is 8.12. The summed E-state index contributed by atoms with van der Waals surface area (Å²) in [5.41, 5.74) is 1.30. The van der Waals surface area contributed by atoms with Crippen molar-refractivity contribution < 1.29 is 9.47 Å². The van der Waals surface area contributed by atoms with E-state index in [0.29, 0.717) is 12.0 Å². The summed E-state index contributed by atoms with van der Waals surface area (Å²) in [7, 11) is 5.45. The van der Waals surface area contributed by atoms with Gasteiger partial charge in [0.2, 0.25) is 0 Å². The van der Waals surface area contributed by atoms with Crippen molar-refractivity contribution in [3.8, 4) is 11.5 Å². The molecule has 0 bridgehead atoms. The third-order valence-electron chi connectivity index (χ3n) is 4.95. The van der Waals surface area contributed by atoms with Crippen LogP contribution >= 0.6 is 0 Å². The summed E-state index contributed by atoms with van der Waals surface area (Å²) >= 11 is 0. The summed E-state index contributed by atoms with van der Waals surface area (Å²) in [5.74, 6) is 3.22. The van der Waals surface area contributed by atoms with Crippen molar-refractivity contribution >= 4 is 0 Å². The standard InChI is InChI=1S/C18H29NO2/c1-5-13-7-6-8-14(11-13)18(19-2)15-9-10-16(20-3)17(12-15)21-4/h9-10,12-14,18-19H,5-8,11H2,1-4H3. The number of ether oxygens (including phenoxy) is 2. The third-order valence-corrected chi connectivity index (χ3v) is 4.95. The van der Waals surface area contributed by atoms with E-state index in [4.69, 9.17) is 9.47 Å². The highest BCUT2D eigenvalue weighted by molar-refractivity contribution is 5.44. The van der Waals surface area contributed by atoms with E-state index in [1.165, 1.54) is 37.7 Å². The van der Waals surface area contributed by atoms with Crippen molar-refractivity contribution in [2.75, 3.05) is 21.3 Å². The number of benzene rings is 1. The van der Waals surface area contributed by atoms with Gasteiger partial charge in [-0.15, -0.1) is 0 Å². The van der Waals surface area contributed by atoms with Crippen molar-refractivity contribution in [2.24, 2.45) is 11.8 Å². The molecule has 1 aromatic rings. The number of methoxy groups -OCH3 is 2. The van der Waals surface area contributed by atoms with Crippen LogP contribution in [-0.2, 0) is 0 Å². The van der Waals surface area contributed by atoms with Crippen molar-refractivity contribution in [3.05, 3.63) is 23.8 Å². The number of rotatable bonds is 6. The molecule has 1 aliphatic carbocycles. The minimum absolute atomic E-state index is 0.402. The zero-order valence-corrected chi connectivity index (χ0v) is 13.8. The van der Waals surface area contributed by atoms with Gasteiger partial charge in [-0.25, -0.2) is 0 Å². The topological polar surface area (TPSA) is 30.5 Å². The van der Waals surface area contributed by atoms with Gasteiger partial charge >= 0.3 is 0 Å². The molecule has 0 saturated heterocycles. The molecule has 0 aliphatic heterocycles. The lowest BCUT2D eigenvalue weighted by molar-refractivity contribution is 0.214. The van der Waals surface area contributed by atoms with Crippen LogP contribution in [0.25, 0.3) is 0 Å². The van der Waals surface area contributed by atoms with Crippen LogP contribution in [0.15, 0.2) is 18.2 Å². The Hall–Kier alpha value is -1.22. The highest BCUT2D eigenvalue weighted by atomic mass is 16.5. The van der Waals surface area contributed by atoms with Crippen molar-refractivity contribution in [2.45, 2.75) is 45.1 Å². The van der Waals surface area contributed by atoms with E-state index in [9.17, 15) is 0 Å². The Morgan fingerprint density at radius 1 is 1.19 bits per heavy atom. The lowest BCUT2D eigenvalue weighted by Gasteiger charge is -2.34. The maximum Gasteiger partial charge on any atom is 0.161 e. The Morgan fingerprint density at radius 2 is 1.95 bits per heavy atom. The molecule has 3 nitrogen and oxygen atoms in total. The van der Waals surface area contributed by atoms with Crippen LogP contribution in [-0.4, -0.2) is 21.3 Å². The van der Waals surface area contributed by atoms with E-state index < -0.39 is 0 Å². The molecule has 0 radical (unpaired) electrons. The first-order chi connectivity index (χ1) is 10.2. The van der Waals surface area contributed by atoms with Crippen molar-refractivity contribution in [1.82, 2.24) is 5.32 Å². The van der Waals surface area contributed by atoms with Gasteiger partial charge in [-0.05, 0) is 49.4 Å². The molecule has 3 atom stereocenters. The fourth-order valence-corrected chi connectivity index (χ4v) is 3.73. The molecule has 1 N–H and O–H groups in total. The van der Waals surface area contributed by atoms with E-state index in [-0.39, 0.29) is 0 Å². The molecule has 1 aromatic carbocycles. The van der Waals surface area contributed by atoms with E-state index in [0.717, 1.165) is 17.4 Å². The maximum absolute atomic E-state index is 5.45. The maximum atomic E-state index is 5.45. The average molecular weight is 291 g/mol. The zero-order chi connectivity index (χ0) is 15.2. The van der Waals surface area contributed by atoms with Crippen LogP contribution in [0.3, 0.4) is 0 Å². The predicted molar refractivity (Wildman–Crippen MR) is 87.1 cm³/mol. The Bertz CT molecular complexity index is 447. The second-order valence-electron chi connectivity index (χ2n) is 6.08. The molecule has 2 rings (SSSR count). The van der Waals surface area contributed by atoms with Crippen LogP contribution in [0.1, 0.15) is 50.6 Å². The Balaban J connectivity index is 2.20. The Morgan fingerprint density at radius 3 is 2.57 bits per heavy atom. The van der Waals surface area contributed by atoms with E-state index >= 15 is 0 Å². The molecule has 1 fully saturated rings. The van der Waals surface area contributed by atoms with Gasteiger partial charge in [0.25, 0.3) is 0 Å². The minimum atomic E-state index is 0.402. The normalized spacial score (nSPS) is 23.6. The number of nitrogens with one attached hydrogen (secondary N) is 1. The molecular formula is C18H29NO2. The van der Waals surface area contributed by atoms with Gasteiger partial charge in [-0.1, -0.05) is 32.3 Å². The molecule has 3 unspecified atom stereocenters. The Labute approximate surface area is 129 Å². The molecule has 0 amide bonds. The molecule has 1 aliphatic rings. The highest BCUT2D eigenvalue weighted by Gasteiger charge is 2.28. The second kappa shape index (κ2) is 7.69. The first kappa shape index (κ1) is 16.2. The van der Waals surface area contributed by atoms with Crippen LogP contribution in [0, 0.1) is 11.8 Å². The number of hydrogen-bond acceptors (Lipinski definition) is 3. The molecule has 21 heavy (non-hydrogen) atoms. The van der Waals surface area contributed by atoms with Gasteiger partial charge in [-0.2, -0.15) is 0 Å². The third kappa shape index (κ3) is 3.70. The number of hydrogen-bond donors (Lipinski definition) is 1. The quantitative estimate of drug-likeness (QED) is 0.853. The summed E-state index contributed by atoms with van der Waals surface area (Å²) in [5, 5.41) is 3.53. The monoisotopic (exact) mass is 291 g/mol. The summed E-state index contributed by atoms with van der Waals surface area (Å²) in [6.07, 6.45) is 6.70. The lowest BCUT2D eigenvalue weighted by Crippen LogP contribution is -2.29. The zero-order valence-electron chi connectivity index (χ0n) is 13.8. The van der Waals surface area contributed by atoms with Crippen LogP contribution in [0.5, 0.6) is 11.5 Å². The lowest BCUT2D eigenvalue weighted by atomic mass is 9.75. The molecule has 1 saturated carbocycles. The Kier molecular flexibility index (Phi) is 5.92. The predicted octanol–water partition coefficient (Wildman–Crippen LogP) is 4.18. The largest absolute Gasteiger partial charge is 0.493 e. The second-order valence-corrected chi connectivity index (χ2v) is 6.08. The SMILES string of the molecule is CCC1CCCC(C(NC)c2ccc(OC)c(OC)c2)C1. The fourth-order valence-electron chi connectivity index (χ4n) is 3.73.